The number of fused-ring (bicyclic) bond motifs is 1. The number of carbonyl (C=O) groups is 1. The largest absolute Gasteiger partial charge is 0.422 e. The van der Waals surface area contributed by atoms with Crippen LogP contribution in [0.2, 0.25) is 0 Å². The van der Waals surface area contributed by atoms with E-state index in [2.05, 4.69) is 14.9 Å². The van der Waals surface area contributed by atoms with Gasteiger partial charge in [-0.2, -0.15) is 4.98 Å². The summed E-state index contributed by atoms with van der Waals surface area (Å²) in [4.78, 5) is 25.7. The zero-order chi connectivity index (χ0) is 19.5. The molecule has 4 rings (SSSR count). The van der Waals surface area contributed by atoms with Crippen LogP contribution in [0.3, 0.4) is 0 Å². The molecular weight excluding hydrogens is 356 g/mol. The maximum absolute atomic E-state index is 12.8. The third kappa shape index (κ3) is 4.29. The van der Waals surface area contributed by atoms with Gasteiger partial charge < -0.3 is 19.0 Å². The lowest BCUT2D eigenvalue weighted by molar-refractivity contribution is -0.135. The van der Waals surface area contributed by atoms with Crippen LogP contribution in [0.4, 0.5) is 6.01 Å². The van der Waals surface area contributed by atoms with E-state index in [-0.39, 0.29) is 11.8 Å². The second-order valence-electron chi connectivity index (χ2n) is 8.07. The first kappa shape index (κ1) is 19.2. The molecule has 0 N–H and O–H groups in total. The molecule has 0 aliphatic carbocycles. The molecule has 1 unspecified atom stereocenters. The van der Waals surface area contributed by atoms with Crippen LogP contribution in [-0.2, 0) is 9.53 Å². The van der Waals surface area contributed by atoms with Crippen LogP contribution in [0.15, 0.2) is 16.5 Å². The van der Waals surface area contributed by atoms with Crippen molar-refractivity contribution in [2.24, 2.45) is 5.92 Å². The Balaban J connectivity index is 1.26. The van der Waals surface area contributed by atoms with Crippen LogP contribution in [0.25, 0.3) is 11.2 Å². The highest BCUT2D eigenvalue weighted by Crippen LogP contribution is 2.27. The number of hydrogen-bond acceptors (Lipinski definition) is 6. The first-order chi connectivity index (χ1) is 13.6. The molecule has 2 aromatic rings. The van der Waals surface area contributed by atoms with Gasteiger partial charge in [0.2, 0.25) is 11.6 Å². The zero-order valence-corrected chi connectivity index (χ0v) is 16.9. The summed E-state index contributed by atoms with van der Waals surface area (Å²) in [6.07, 6.45) is 6.48. The standard InChI is InChI=1S/C21H30N4O3/c1-15-7-8-18-19(22-15)23-21(28-18)25-12-9-16(10-13-25)20(26)24(2)11-3-5-17-6-4-14-27-17/h7-8,16-17H,3-6,9-14H2,1-2H3. The van der Waals surface area contributed by atoms with Crippen molar-refractivity contribution in [3.63, 3.8) is 0 Å². The van der Waals surface area contributed by atoms with Gasteiger partial charge in [0.05, 0.1) is 6.10 Å². The Bertz CT molecular complexity index is 807. The number of amides is 1. The SMILES string of the molecule is Cc1ccc2oc(N3CCC(C(=O)N(C)CCCC4CCCO4)CC3)nc2n1. The van der Waals surface area contributed by atoms with E-state index in [1.54, 1.807) is 0 Å². The molecule has 2 aromatic heterocycles. The minimum atomic E-state index is 0.0914. The fraction of sp³-hybridized carbons (Fsp3) is 0.667. The monoisotopic (exact) mass is 386 g/mol. The lowest BCUT2D eigenvalue weighted by Crippen LogP contribution is -2.41. The number of ether oxygens (including phenoxy) is 1. The van der Waals surface area contributed by atoms with Crippen molar-refractivity contribution in [2.45, 2.75) is 51.6 Å². The number of hydrogen-bond donors (Lipinski definition) is 0. The molecule has 2 aliphatic heterocycles. The summed E-state index contributed by atoms with van der Waals surface area (Å²) >= 11 is 0. The summed E-state index contributed by atoms with van der Waals surface area (Å²) in [7, 11) is 1.93. The van der Waals surface area contributed by atoms with Gasteiger partial charge in [0, 0.05) is 44.9 Å². The van der Waals surface area contributed by atoms with Crippen LogP contribution in [0.1, 0.15) is 44.2 Å². The normalized spacial score (nSPS) is 20.8. The third-order valence-corrected chi connectivity index (χ3v) is 5.92. The van der Waals surface area contributed by atoms with Gasteiger partial charge in [0.25, 0.3) is 6.01 Å². The Morgan fingerprint density at radius 1 is 1.25 bits per heavy atom. The van der Waals surface area contributed by atoms with Crippen LogP contribution < -0.4 is 4.90 Å². The lowest BCUT2D eigenvalue weighted by atomic mass is 9.95. The van der Waals surface area contributed by atoms with Gasteiger partial charge in [-0.1, -0.05) is 0 Å². The summed E-state index contributed by atoms with van der Waals surface area (Å²) in [6, 6.07) is 4.45. The Hall–Kier alpha value is -2.15. The van der Waals surface area contributed by atoms with E-state index in [0.717, 1.165) is 57.6 Å². The van der Waals surface area contributed by atoms with Crippen molar-refractivity contribution in [1.29, 1.82) is 0 Å². The summed E-state index contributed by atoms with van der Waals surface area (Å²) in [5.74, 6) is 0.357. The number of aromatic nitrogens is 2. The highest BCUT2D eigenvalue weighted by atomic mass is 16.5. The van der Waals surface area contributed by atoms with Gasteiger partial charge >= 0.3 is 0 Å². The van der Waals surface area contributed by atoms with E-state index in [1.807, 2.05) is 31.0 Å². The molecule has 2 fully saturated rings. The molecule has 0 bridgehead atoms. The van der Waals surface area contributed by atoms with E-state index in [1.165, 1.54) is 12.8 Å². The number of rotatable bonds is 6. The van der Waals surface area contributed by atoms with E-state index in [9.17, 15) is 4.79 Å². The fourth-order valence-corrected chi connectivity index (χ4v) is 4.20. The predicted molar refractivity (Wildman–Crippen MR) is 107 cm³/mol. The highest BCUT2D eigenvalue weighted by Gasteiger charge is 2.29. The average molecular weight is 386 g/mol. The van der Waals surface area contributed by atoms with Crippen molar-refractivity contribution in [3.05, 3.63) is 17.8 Å². The average Bonchev–Trinajstić information content (AvgIpc) is 3.36. The second-order valence-corrected chi connectivity index (χ2v) is 8.07. The zero-order valence-electron chi connectivity index (χ0n) is 16.9. The van der Waals surface area contributed by atoms with Crippen molar-refractivity contribution < 1.29 is 13.9 Å². The minimum absolute atomic E-state index is 0.0914. The molecule has 7 heteroatoms. The van der Waals surface area contributed by atoms with E-state index >= 15 is 0 Å². The van der Waals surface area contributed by atoms with Crippen molar-refractivity contribution in [1.82, 2.24) is 14.9 Å². The van der Waals surface area contributed by atoms with Gasteiger partial charge in [-0.25, -0.2) is 4.98 Å². The minimum Gasteiger partial charge on any atom is -0.422 e. The van der Waals surface area contributed by atoms with E-state index in [0.29, 0.717) is 23.3 Å². The molecule has 0 radical (unpaired) electrons. The van der Waals surface area contributed by atoms with Crippen LogP contribution in [0, 0.1) is 12.8 Å². The first-order valence-corrected chi connectivity index (χ1v) is 10.5. The van der Waals surface area contributed by atoms with Gasteiger partial charge in [0.1, 0.15) is 0 Å². The van der Waals surface area contributed by atoms with Gasteiger partial charge in [0.15, 0.2) is 5.58 Å². The number of carbonyl (C=O) groups excluding carboxylic acids is 1. The molecule has 4 heterocycles. The highest BCUT2D eigenvalue weighted by molar-refractivity contribution is 5.79. The number of aryl methyl sites for hydroxylation is 1. The smallest absolute Gasteiger partial charge is 0.299 e. The molecule has 0 saturated carbocycles. The van der Waals surface area contributed by atoms with E-state index < -0.39 is 0 Å². The molecule has 1 atom stereocenters. The fourth-order valence-electron chi connectivity index (χ4n) is 4.20. The topological polar surface area (TPSA) is 71.7 Å². The van der Waals surface area contributed by atoms with Crippen molar-refractivity contribution in [3.8, 4) is 0 Å². The molecule has 28 heavy (non-hydrogen) atoms. The molecular formula is C21H30N4O3. The number of piperidine rings is 1. The Labute approximate surface area is 166 Å². The number of anilines is 1. The maximum atomic E-state index is 12.8. The Morgan fingerprint density at radius 2 is 2.07 bits per heavy atom. The Kier molecular flexibility index (Phi) is 5.80. The molecule has 0 aromatic carbocycles. The van der Waals surface area contributed by atoms with Crippen LogP contribution in [-0.4, -0.2) is 60.2 Å². The molecule has 7 nitrogen and oxygen atoms in total. The maximum Gasteiger partial charge on any atom is 0.299 e. The van der Waals surface area contributed by atoms with Gasteiger partial charge in [-0.05, 0) is 57.6 Å². The third-order valence-electron chi connectivity index (χ3n) is 5.92. The van der Waals surface area contributed by atoms with Gasteiger partial charge in [-0.15, -0.1) is 0 Å². The Morgan fingerprint density at radius 3 is 2.82 bits per heavy atom. The summed E-state index contributed by atoms with van der Waals surface area (Å²) in [5, 5.41) is 0. The molecule has 2 aliphatic rings. The van der Waals surface area contributed by atoms with Crippen molar-refractivity contribution >= 4 is 23.2 Å². The number of pyridine rings is 1. The predicted octanol–water partition coefficient (Wildman–Crippen LogP) is 3.17. The number of nitrogens with zero attached hydrogens (tertiary/aromatic N) is 4. The quantitative estimate of drug-likeness (QED) is 0.759. The summed E-state index contributed by atoms with van der Waals surface area (Å²) < 4.78 is 11.5. The number of oxazole rings is 1. The summed E-state index contributed by atoms with van der Waals surface area (Å²) in [6.45, 7) is 5.23. The van der Waals surface area contributed by atoms with Gasteiger partial charge in [-0.3, -0.25) is 4.79 Å². The van der Waals surface area contributed by atoms with E-state index in [4.69, 9.17) is 9.15 Å². The summed E-state index contributed by atoms with van der Waals surface area (Å²) in [5.41, 5.74) is 2.29. The van der Waals surface area contributed by atoms with Crippen molar-refractivity contribution in [2.75, 3.05) is 38.2 Å². The molecule has 0 spiro atoms. The second kappa shape index (κ2) is 8.47. The molecule has 1 amide bonds. The molecule has 152 valence electrons. The first-order valence-electron chi connectivity index (χ1n) is 10.5. The van der Waals surface area contributed by atoms with Crippen LogP contribution in [0.5, 0.6) is 0 Å². The van der Waals surface area contributed by atoms with Crippen LogP contribution >= 0.6 is 0 Å². The molecule has 2 saturated heterocycles. The lowest BCUT2D eigenvalue weighted by Gasteiger charge is -2.32.